The van der Waals surface area contributed by atoms with Gasteiger partial charge in [-0.05, 0) is 35.9 Å². The largest absolute Gasteiger partial charge is 0.265 e. The van der Waals surface area contributed by atoms with Crippen LogP contribution in [0.15, 0.2) is 61.2 Å². The van der Waals surface area contributed by atoms with Gasteiger partial charge in [0.2, 0.25) is 0 Å². The minimum absolute atomic E-state index is 0.290. The van der Waals surface area contributed by atoms with Gasteiger partial charge in [-0.1, -0.05) is 12.1 Å². The molecule has 5 nitrogen and oxygen atoms in total. The van der Waals surface area contributed by atoms with E-state index in [0.29, 0.717) is 23.5 Å². The molecule has 3 heterocycles. The van der Waals surface area contributed by atoms with Crippen molar-refractivity contribution in [3.05, 3.63) is 78.3 Å². The fourth-order valence-electron chi connectivity index (χ4n) is 2.50. The van der Waals surface area contributed by atoms with E-state index in [1.807, 2.05) is 24.3 Å². The molecule has 0 saturated heterocycles. The van der Waals surface area contributed by atoms with Crippen molar-refractivity contribution in [3.8, 4) is 11.3 Å². The lowest BCUT2D eigenvalue weighted by molar-refractivity contribution is 0.628. The zero-order valence-corrected chi connectivity index (χ0v) is 12.1. The molecule has 0 bridgehead atoms. The van der Waals surface area contributed by atoms with Crippen LogP contribution in [0.25, 0.3) is 17.0 Å². The lowest BCUT2D eigenvalue weighted by atomic mass is 10.1. The predicted octanol–water partition coefficient (Wildman–Crippen LogP) is 2.92. The summed E-state index contributed by atoms with van der Waals surface area (Å²) < 4.78 is 15.2. The molecule has 0 N–H and O–H groups in total. The van der Waals surface area contributed by atoms with Gasteiger partial charge < -0.3 is 0 Å². The fraction of sp³-hybridized carbons (Fsp3) is 0.0588. The maximum absolute atomic E-state index is 13.5. The van der Waals surface area contributed by atoms with E-state index in [4.69, 9.17) is 0 Å². The Morgan fingerprint density at radius 3 is 2.74 bits per heavy atom. The first kappa shape index (κ1) is 13.5. The van der Waals surface area contributed by atoms with Gasteiger partial charge in [-0.2, -0.15) is 10.1 Å². The number of rotatable bonds is 3. The van der Waals surface area contributed by atoms with Crippen LogP contribution in [-0.4, -0.2) is 24.6 Å². The molecule has 0 fully saturated rings. The average Bonchev–Trinajstić information content (AvgIpc) is 3.05. The predicted molar refractivity (Wildman–Crippen MR) is 83.2 cm³/mol. The zero-order chi connectivity index (χ0) is 15.6. The molecule has 0 aliphatic carbocycles. The summed E-state index contributed by atoms with van der Waals surface area (Å²) in [5, 5.41) is 4.22. The first-order chi connectivity index (χ1) is 11.3. The van der Waals surface area contributed by atoms with Crippen LogP contribution in [-0.2, 0) is 6.42 Å². The Bertz CT molecular complexity index is 965. The van der Waals surface area contributed by atoms with Crippen LogP contribution in [0.5, 0.6) is 0 Å². The molecular formula is C17H12FN5. The van der Waals surface area contributed by atoms with Gasteiger partial charge in [-0.25, -0.2) is 13.9 Å². The van der Waals surface area contributed by atoms with Gasteiger partial charge in [0.05, 0.1) is 11.4 Å². The van der Waals surface area contributed by atoms with E-state index >= 15 is 0 Å². The molecule has 112 valence electrons. The number of fused-ring (bicyclic) bond motifs is 1. The first-order valence-electron chi connectivity index (χ1n) is 7.14. The van der Waals surface area contributed by atoms with Crippen LogP contribution in [0.4, 0.5) is 4.39 Å². The Morgan fingerprint density at radius 2 is 1.91 bits per heavy atom. The molecule has 0 spiro atoms. The van der Waals surface area contributed by atoms with E-state index in [0.717, 1.165) is 11.3 Å². The van der Waals surface area contributed by atoms with Crippen LogP contribution in [0.2, 0.25) is 0 Å². The average molecular weight is 305 g/mol. The Hall–Kier alpha value is -3.15. The van der Waals surface area contributed by atoms with Crippen molar-refractivity contribution in [2.75, 3.05) is 0 Å². The van der Waals surface area contributed by atoms with Crippen LogP contribution in [0.1, 0.15) is 11.3 Å². The third-order valence-corrected chi connectivity index (χ3v) is 3.58. The number of pyridine rings is 1. The van der Waals surface area contributed by atoms with E-state index < -0.39 is 0 Å². The summed E-state index contributed by atoms with van der Waals surface area (Å²) in [5.74, 6) is 0.206. The van der Waals surface area contributed by atoms with Crippen molar-refractivity contribution >= 4 is 5.78 Å². The highest BCUT2D eigenvalue weighted by Gasteiger charge is 2.10. The first-order valence-corrected chi connectivity index (χ1v) is 7.14. The normalized spacial score (nSPS) is 11.0. The number of benzene rings is 1. The van der Waals surface area contributed by atoms with Gasteiger partial charge in [0.15, 0.2) is 0 Å². The topological polar surface area (TPSA) is 56.0 Å². The van der Waals surface area contributed by atoms with Crippen molar-refractivity contribution in [2.24, 2.45) is 0 Å². The number of nitrogens with zero attached hydrogens (tertiary/aromatic N) is 5. The second-order valence-electron chi connectivity index (χ2n) is 5.15. The molecule has 0 radical (unpaired) electrons. The second-order valence-corrected chi connectivity index (χ2v) is 5.15. The molecule has 6 heteroatoms. The van der Waals surface area contributed by atoms with E-state index in [1.165, 1.54) is 18.5 Å². The van der Waals surface area contributed by atoms with Crippen LogP contribution in [0.3, 0.4) is 0 Å². The van der Waals surface area contributed by atoms with E-state index in [9.17, 15) is 4.39 Å². The van der Waals surface area contributed by atoms with Crippen molar-refractivity contribution in [1.29, 1.82) is 0 Å². The Labute approximate surface area is 131 Å². The number of halogens is 1. The minimum Gasteiger partial charge on any atom is -0.265 e. The third-order valence-electron chi connectivity index (χ3n) is 3.58. The third kappa shape index (κ3) is 2.66. The zero-order valence-electron chi connectivity index (χ0n) is 12.1. The van der Waals surface area contributed by atoms with E-state index in [1.54, 1.807) is 23.0 Å². The van der Waals surface area contributed by atoms with Crippen molar-refractivity contribution in [3.63, 3.8) is 0 Å². The lowest BCUT2D eigenvalue weighted by Crippen LogP contribution is -2.03. The van der Waals surface area contributed by atoms with Crippen LogP contribution >= 0.6 is 0 Å². The van der Waals surface area contributed by atoms with Crippen LogP contribution in [0, 0.1) is 5.82 Å². The summed E-state index contributed by atoms with van der Waals surface area (Å²) in [6.07, 6.45) is 5.63. The molecule has 0 atom stereocenters. The highest BCUT2D eigenvalue weighted by Crippen LogP contribution is 2.21. The molecular weight excluding hydrogens is 293 g/mol. The summed E-state index contributed by atoms with van der Waals surface area (Å²) in [6, 6.07) is 12.2. The van der Waals surface area contributed by atoms with Gasteiger partial charge in [0.1, 0.15) is 12.1 Å². The summed E-state index contributed by atoms with van der Waals surface area (Å²) in [7, 11) is 0. The Morgan fingerprint density at radius 1 is 1.04 bits per heavy atom. The molecule has 4 rings (SSSR count). The standard InChI is InChI=1S/C17H12FN5/c18-14-3-1-2-13(9-14)16-10-15(8-12-4-6-19-7-5-12)23-17(22-16)20-11-21-23/h1-7,9-11H,8H2. The molecule has 1 aromatic carbocycles. The molecule has 0 amide bonds. The quantitative estimate of drug-likeness (QED) is 0.584. The number of aromatic nitrogens is 5. The lowest BCUT2D eigenvalue weighted by Gasteiger charge is -2.08. The van der Waals surface area contributed by atoms with Gasteiger partial charge in [-0.3, -0.25) is 4.98 Å². The Kier molecular flexibility index (Phi) is 3.27. The van der Waals surface area contributed by atoms with Gasteiger partial charge in [0.25, 0.3) is 5.78 Å². The SMILES string of the molecule is Fc1cccc(-c2cc(Cc3ccncc3)n3ncnc3n2)c1. The molecule has 0 aliphatic heterocycles. The maximum Gasteiger partial charge on any atom is 0.252 e. The van der Waals surface area contributed by atoms with E-state index in [2.05, 4.69) is 20.1 Å². The highest BCUT2D eigenvalue weighted by molar-refractivity contribution is 5.61. The van der Waals surface area contributed by atoms with Crippen molar-refractivity contribution in [1.82, 2.24) is 24.6 Å². The minimum atomic E-state index is -0.290. The van der Waals surface area contributed by atoms with Crippen LogP contribution < -0.4 is 0 Å². The van der Waals surface area contributed by atoms with Crippen molar-refractivity contribution < 1.29 is 4.39 Å². The summed E-state index contributed by atoms with van der Waals surface area (Å²) in [6.45, 7) is 0. The van der Waals surface area contributed by atoms with Gasteiger partial charge in [-0.15, -0.1) is 0 Å². The fourth-order valence-corrected chi connectivity index (χ4v) is 2.50. The highest BCUT2D eigenvalue weighted by atomic mass is 19.1. The number of hydrogen-bond acceptors (Lipinski definition) is 4. The Balaban J connectivity index is 1.84. The maximum atomic E-state index is 13.5. The summed E-state index contributed by atoms with van der Waals surface area (Å²) >= 11 is 0. The van der Waals surface area contributed by atoms with E-state index in [-0.39, 0.29) is 5.82 Å². The monoisotopic (exact) mass is 305 g/mol. The molecule has 0 saturated carbocycles. The molecule has 3 aromatic heterocycles. The van der Waals surface area contributed by atoms with Gasteiger partial charge >= 0.3 is 0 Å². The molecule has 0 aliphatic rings. The van der Waals surface area contributed by atoms with Gasteiger partial charge in [0, 0.05) is 24.4 Å². The molecule has 4 aromatic rings. The summed E-state index contributed by atoms with van der Waals surface area (Å²) in [5.41, 5.74) is 3.42. The number of hydrogen-bond donors (Lipinski definition) is 0. The molecule has 0 unspecified atom stereocenters. The second kappa shape index (κ2) is 5.57. The van der Waals surface area contributed by atoms with Crippen molar-refractivity contribution in [2.45, 2.75) is 6.42 Å². The molecule has 23 heavy (non-hydrogen) atoms. The summed E-state index contributed by atoms with van der Waals surface area (Å²) in [4.78, 5) is 12.6. The smallest absolute Gasteiger partial charge is 0.252 e.